The molecule has 0 aliphatic heterocycles. The Kier molecular flexibility index (Phi) is 3.13. The van der Waals surface area contributed by atoms with Crippen molar-refractivity contribution in [1.82, 2.24) is 4.98 Å². The predicted molar refractivity (Wildman–Crippen MR) is 69.1 cm³/mol. The lowest BCUT2D eigenvalue weighted by Gasteiger charge is -2.10. The van der Waals surface area contributed by atoms with Gasteiger partial charge in [-0.05, 0) is 32.4 Å². The van der Waals surface area contributed by atoms with Gasteiger partial charge < -0.3 is 9.52 Å². The molecule has 0 aromatic carbocycles. The molecule has 2 aromatic rings. The van der Waals surface area contributed by atoms with Crippen molar-refractivity contribution in [3.8, 4) is 16.9 Å². The highest BCUT2D eigenvalue weighted by Gasteiger charge is 2.17. The molecule has 1 N–H and O–H groups in total. The predicted octanol–water partition coefficient (Wildman–Crippen LogP) is 2.99. The molecule has 0 bridgehead atoms. The van der Waals surface area contributed by atoms with Gasteiger partial charge in [0, 0.05) is 17.3 Å². The molecule has 0 saturated carbocycles. The van der Waals surface area contributed by atoms with Crippen LogP contribution < -0.4 is 5.63 Å². The zero-order valence-electron chi connectivity index (χ0n) is 10.2. The summed E-state index contributed by atoms with van der Waals surface area (Å²) >= 11 is 5.84. The summed E-state index contributed by atoms with van der Waals surface area (Å²) < 4.78 is 5.01. The van der Waals surface area contributed by atoms with Gasteiger partial charge in [-0.2, -0.15) is 0 Å². The molecule has 0 radical (unpaired) electrons. The van der Waals surface area contributed by atoms with E-state index in [-0.39, 0.29) is 11.3 Å². The molecule has 0 unspecified atom stereocenters. The second-order valence-corrected chi connectivity index (χ2v) is 4.51. The van der Waals surface area contributed by atoms with Gasteiger partial charge in [-0.3, -0.25) is 0 Å². The van der Waals surface area contributed by atoms with E-state index in [1.54, 1.807) is 26.8 Å². The van der Waals surface area contributed by atoms with E-state index in [2.05, 4.69) is 4.98 Å². The highest BCUT2D eigenvalue weighted by Crippen LogP contribution is 2.31. The second-order valence-electron chi connectivity index (χ2n) is 4.13. The van der Waals surface area contributed by atoms with Crippen LogP contribution in [-0.4, -0.2) is 10.1 Å². The van der Waals surface area contributed by atoms with Crippen LogP contribution in [0.2, 0.25) is 5.15 Å². The summed E-state index contributed by atoms with van der Waals surface area (Å²) in [6.45, 7) is 5.13. The fourth-order valence-electron chi connectivity index (χ4n) is 1.99. The Morgan fingerprint density at radius 2 is 1.89 bits per heavy atom. The smallest absolute Gasteiger partial charge is 0.347 e. The van der Waals surface area contributed by atoms with Crippen molar-refractivity contribution in [2.45, 2.75) is 20.8 Å². The molecule has 4 nitrogen and oxygen atoms in total. The Hall–Kier alpha value is -1.81. The van der Waals surface area contributed by atoms with E-state index in [0.29, 0.717) is 22.2 Å². The molecule has 0 atom stereocenters. The number of aromatic hydroxyl groups is 1. The first kappa shape index (κ1) is 12.6. The Morgan fingerprint density at radius 3 is 2.44 bits per heavy atom. The molecule has 0 aliphatic carbocycles. The third-order valence-corrected chi connectivity index (χ3v) is 2.86. The van der Waals surface area contributed by atoms with E-state index in [0.717, 1.165) is 5.56 Å². The van der Waals surface area contributed by atoms with Gasteiger partial charge in [0.2, 0.25) is 0 Å². The number of hydrogen-bond acceptors (Lipinski definition) is 4. The molecule has 2 aromatic heterocycles. The maximum atomic E-state index is 11.9. The third-order valence-electron chi connectivity index (χ3n) is 2.67. The molecule has 0 amide bonds. The van der Waals surface area contributed by atoms with Crippen LogP contribution in [0.15, 0.2) is 21.3 Å². The van der Waals surface area contributed by atoms with Crippen molar-refractivity contribution < 1.29 is 9.52 Å². The average molecular weight is 266 g/mol. The number of nitrogens with zero attached hydrogens (tertiary/aromatic N) is 1. The highest BCUT2D eigenvalue weighted by molar-refractivity contribution is 6.29. The van der Waals surface area contributed by atoms with Crippen LogP contribution >= 0.6 is 11.6 Å². The van der Waals surface area contributed by atoms with Crippen LogP contribution in [0.3, 0.4) is 0 Å². The SMILES string of the molecule is Cc1cc(O)c(-c2c(C)cc(Cl)nc2C)c(=O)o1. The van der Waals surface area contributed by atoms with Gasteiger partial charge >= 0.3 is 5.63 Å². The van der Waals surface area contributed by atoms with E-state index >= 15 is 0 Å². The summed E-state index contributed by atoms with van der Waals surface area (Å²) in [4.78, 5) is 16.0. The summed E-state index contributed by atoms with van der Waals surface area (Å²) in [5, 5.41) is 10.3. The normalized spacial score (nSPS) is 10.7. The minimum absolute atomic E-state index is 0.112. The summed E-state index contributed by atoms with van der Waals surface area (Å²) in [5.41, 5.74) is 1.44. The zero-order chi connectivity index (χ0) is 13.4. The Balaban J connectivity index is 2.82. The van der Waals surface area contributed by atoms with Crippen molar-refractivity contribution >= 4 is 11.6 Å². The Labute approximate surface area is 109 Å². The molecule has 18 heavy (non-hydrogen) atoms. The number of rotatable bonds is 1. The lowest BCUT2D eigenvalue weighted by atomic mass is 10.0. The third kappa shape index (κ3) is 2.11. The second kappa shape index (κ2) is 4.46. The first-order valence-corrected chi connectivity index (χ1v) is 5.75. The molecular formula is C13H12ClNO3. The summed E-state index contributed by atoms with van der Waals surface area (Å²) in [7, 11) is 0. The minimum atomic E-state index is -0.581. The maximum absolute atomic E-state index is 11.9. The monoisotopic (exact) mass is 265 g/mol. The average Bonchev–Trinajstić information content (AvgIpc) is 2.20. The standard InChI is InChI=1S/C13H12ClNO3/c1-6-4-10(14)15-8(3)11(6)12-9(16)5-7(2)18-13(12)17/h4-5,16H,1-3H3. The fraction of sp³-hybridized carbons (Fsp3) is 0.231. The van der Waals surface area contributed by atoms with Crippen molar-refractivity contribution in [2.75, 3.05) is 0 Å². The van der Waals surface area contributed by atoms with Crippen LogP contribution in [0.1, 0.15) is 17.0 Å². The van der Waals surface area contributed by atoms with Crippen molar-refractivity contribution in [1.29, 1.82) is 0 Å². The Morgan fingerprint density at radius 1 is 1.22 bits per heavy atom. The lowest BCUT2D eigenvalue weighted by Crippen LogP contribution is -2.07. The van der Waals surface area contributed by atoms with Crippen LogP contribution in [0.25, 0.3) is 11.1 Å². The molecule has 0 fully saturated rings. The largest absolute Gasteiger partial charge is 0.507 e. The van der Waals surface area contributed by atoms with Gasteiger partial charge in [0.25, 0.3) is 0 Å². The molecular weight excluding hydrogens is 254 g/mol. The highest BCUT2D eigenvalue weighted by atomic mass is 35.5. The minimum Gasteiger partial charge on any atom is -0.507 e. The van der Waals surface area contributed by atoms with E-state index in [9.17, 15) is 9.90 Å². The van der Waals surface area contributed by atoms with Gasteiger partial charge in [0.15, 0.2) is 0 Å². The zero-order valence-corrected chi connectivity index (χ0v) is 11.0. The van der Waals surface area contributed by atoms with Gasteiger partial charge in [-0.1, -0.05) is 11.6 Å². The topological polar surface area (TPSA) is 63.3 Å². The fourth-order valence-corrected chi connectivity index (χ4v) is 2.28. The molecule has 94 valence electrons. The van der Waals surface area contributed by atoms with E-state index in [1.165, 1.54) is 6.07 Å². The van der Waals surface area contributed by atoms with Gasteiger partial charge in [-0.15, -0.1) is 0 Å². The van der Waals surface area contributed by atoms with E-state index in [1.807, 2.05) is 0 Å². The number of pyridine rings is 1. The van der Waals surface area contributed by atoms with Crippen LogP contribution in [0.5, 0.6) is 5.75 Å². The summed E-state index contributed by atoms with van der Waals surface area (Å²) in [6, 6.07) is 3.05. The first-order valence-electron chi connectivity index (χ1n) is 5.38. The van der Waals surface area contributed by atoms with Crippen LogP contribution in [0, 0.1) is 20.8 Å². The molecule has 5 heteroatoms. The summed E-state index contributed by atoms with van der Waals surface area (Å²) in [6.07, 6.45) is 0. The first-order chi connectivity index (χ1) is 8.40. The number of aryl methyl sites for hydroxylation is 3. The van der Waals surface area contributed by atoms with Gasteiger partial charge in [0.1, 0.15) is 22.2 Å². The van der Waals surface area contributed by atoms with Crippen molar-refractivity contribution in [3.63, 3.8) is 0 Å². The van der Waals surface area contributed by atoms with Crippen LogP contribution in [-0.2, 0) is 0 Å². The molecule has 0 saturated heterocycles. The molecule has 0 spiro atoms. The van der Waals surface area contributed by atoms with E-state index in [4.69, 9.17) is 16.0 Å². The quantitative estimate of drug-likeness (QED) is 0.805. The van der Waals surface area contributed by atoms with E-state index < -0.39 is 5.63 Å². The maximum Gasteiger partial charge on any atom is 0.347 e. The molecule has 0 aliphatic rings. The van der Waals surface area contributed by atoms with Gasteiger partial charge in [-0.25, -0.2) is 9.78 Å². The number of halogens is 1. The van der Waals surface area contributed by atoms with Crippen LogP contribution in [0.4, 0.5) is 0 Å². The molecule has 2 heterocycles. The van der Waals surface area contributed by atoms with Gasteiger partial charge in [0.05, 0.1) is 0 Å². The summed E-state index contributed by atoms with van der Waals surface area (Å²) in [5.74, 6) is 0.248. The molecule has 2 rings (SSSR count). The number of hydrogen-bond donors (Lipinski definition) is 1. The lowest BCUT2D eigenvalue weighted by molar-refractivity contribution is 0.438. The van der Waals surface area contributed by atoms with Crippen molar-refractivity contribution in [2.24, 2.45) is 0 Å². The Bertz CT molecular complexity index is 653. The van der Waals surface area contributed by atoms with Crippen molar-refractivity contribution in [3.05, 3.63) is 44.7 Å². The number of aromatic nitrogens is 1.